The van der Waals surface area contributed by atoms with Gasteiger partial charge in [0.05, 0.1) is 5.39 Å². The molecule has 1 saturated carbocycles. The van der Waals surface area contributed by atoms with Gasteiger partial charge in [0.25, 0.3) is 0 Å². The molecule has 44 heavy (non-hydrogen) atoms. The number of aromatic nitrogens is 3. The number of hydrogen-bond donors (Lipinski definition) is 0. The van der Waals surface area contributed by atoms with Crippen molar-refractivity contribution in [2.45, 2.75) is 51.9 Å². The van der Waals surface area contributed by atoms with E-state index in [1.54, 1.807) is 13.3 Å². The molecule has 8 nitrogen and oxygen atoms in total. The number of piperidine rings is 2. The van der Waals surface area contributed by atoms with Crippen LogP contribution in [0.1, 0.15) is 51.0 Å². The molecule has 2 saturated heterocycles. The molecule has 4 aromatic rings. The number of nitrogens with zero attached hydrogens (tertiary/aromatic N) is 5. The molecule has 2 bridgehead atoms. The Balaban J connectivity index is 1.33. The Hall–Kier alpha value is -3.56. The van der Waals surface area contributed by atoms with Crippen LogP contribution >= 0.6 is 0 Å². The maximum atomic E-state index is 16.9. The van der Waals surface area contributed by atoms with E-state index < -0.39 is 5.82 Å². The van der Waals surface area contributed by atoms with E-state index in [-0.39, 0.29) is 24.0 Å². The van der Waals surface area contributed by atoms with Gasteiger partial charge >= 0.3 is 6.01 Å². The fraction of sp³-hybridized carbons (Fsp3) is 0.514. The third-order valence-electron chi connectivity index (χ3n) is 9.65. The molecule has 3 aliphatic rings. The third kappa shape index (κ3) is 5.79. The number of hydrogen-bond acceptors (Lipinski definition) is 8. The molecule has 2 atom stereocenters. The summed E-state index contributed by atoms with van der Waals surface area (Å²) < 4.78 is 34.1. The summed E-state index contributed by atoms with van der Waals surface area (Å²) in [5.41, 5.74) is 2.28. The van der Waals surface area contributed by atoms with Crippen molar-refractivity contribution in [2.24, 2.45) is 11.8 Å². The van der Waals surface area contributed by atoms with Gasteiger partial charge in [0, 0.05) is 38.5 Å². The first-order valence-electron chi connectivity index (χ1n) is 16.3. The lowest BCUT2D eigenvalue weighted by Gasteiger charge is -2.33. The highest BCUT2D eigenvalue weighted by atomic mass is 19.1. The summed E-state index contributed by atoms with van der Waals surface area (Å²) in [6, 6.07) is 10.2. The molecule has 9 heteroatoms. The largest absolute Gasteiger partial charge is 0.468 e. The Morgan fingerprint density at radius 1 is 1.00 bits per heavy atom. The lowest BCUT2D eigenvalue weighted by atomic mass is 9.95. The number of aryl methyl sites for hydroxylation is 1. The average molecular weight is 600 g/mol. The van der Waals surface area contributed by atoms with E-state index in [2.05, 4.69) is 22.8 Å². The summed E-state index contributed by atoms with van der Waals surface area (Å²) in [6.45, 7) is 7.51. The quantitative estimate of drug-likeness (QED) is 0.188. The van der Waals surface area contributed by atoms with Crippen LogP contribution < -0.4 is 14.4 Å². The summed E-state index contributed by atoms with van der Waals surface area (Å²) in [5.74, 6) is 2.15. The molecule has 7 rings (SSSR count). The number of ether oxygens (including phenoxy) is 3. The minimum Gasteiger partial charge on any atom is -0.468 e. The van der Waals surface area contributed by atoms with Crippen LogP contribution in [-0.2, 0) is 11.2 Å². The Morgan fingerprint density at radius 3 is 2.59 bits per heavy atom. The molecule has 1 aliphatic carbocycles. The van der Waals surface area contributed by atoms with Gasteiger partial charge < -0.3 is 19.1 Å². The highest BCUT2D eigenvalue weighted by Crippen LogP contribution is 2.42. The molecule has 3 fully saturated rings. The predicted molar refractivity (Wildman–Crippen MR) is 171 cm³/mol. The van der Waals surface area contributed by atoms with Crippen molar-refractivity contribution in [2.75, 3.05) is 58.1 Å². The number of anilines is 1. The number of methoxy groups -OCH3 is 1. The van der Waals surface area contributed by atoms with Crippen molar-refractivity contribution in [3.8, 4) is 23.0 Å². The number of halogens is 1. The SMILES string of the molecule is CCc1cccc2cc(OCOC)cc(-c3ncc4c(N5CC6CCC(C6)C5)nc(OCCN5CCCCC5)nc4c3F)c12. The topological polar surface area (TPSA) is 72.8 Å². The van der Waals surface area contributed by atoms with Gasteiger partial charge in [0.1, 0.15) is 29.4 Å². The second-order valence-corrected chi connectivity index (χ2v) is 12.6. The molecule has 0 amide bonds. The molecular formula is C35H42FN5O3. The monoisotopic (exact) mass is 599 g/mol. The molecule has 2 aromatic heterocycles. The zero-order chi connectivity index (χ0) is 30.0. The van der Waals surface area contributed by atoms with Crippen molar-refractivity contribution >= 4 is 27.5 Å². The molecule has 0 radical (unpaired) electrons. The maximum absolute atomic E-state index is 16.9. The number of pyridine rings is 1. The van der Waals surface area contributed by atoms with E-state index in [0.29, 0.717) is 35.1 Å². The van der Waals surface area contributed by atoms with Gasteiger partial charge in [-0.1, -0.05) is 31.5 Å². The van der Waals surface area contributed by atoms with Crippen LogP contribution in [0.15, 0.2) is 36.5 Å². The number of likely N-dealkylation sites (tertiary alicyclic amines) is 1. The number of rotatable bonds is 10. The molecule has 2 unspecified atom stereocenters. The molecule has 0 spiro atoms. The normalized spacial score (nSPS) is 20.5. The lowest BCUT2D eigenvalue weighted by Crippen LogP contribution is -2.37. The molecule has 2 aliphatic heterocycles. The second-order valence-electron chi connectivity index (χ2n) is 12.6. The zero-order valence-corrected chi connectivity index (χ0v) is 25.9. The Labute approximate surface area is 258 Å². The standard InChI is InChI=1S/C35H42FN5O3/c1-3-25-8-7-9-26-17-27(44-22-42-2)18-28(30(25)26)32-31(36)33-29(19-37-32)34(41-20-23-10-11-24(16-23)21-41)39-35(38-33)43-15-14-40-12-5-4-6-13-40/h7-9,17-19,23-24H,3-6,10-16,20-22H2,1-2H3. The first-order chi connectivity index (χ1) is 21.6. The van der Waals surface area contributed by atoms with Crippen LogP contribution in [-0.4, -0.2) is 73.1 Å². The van der Waals surface area contributed by atoms with Gasteiger partial charge in [-0.25, -0.2) is 4.39 Å². The average Bonchev–Trinajstić information content (AvgIpc) is 3.40. The van der Waals surface area contributed by atoms with Gasteiger partial charge in [0.15, 0.2) is 12.6 Å². The van der Waals surface area contributed by atoms with Crippen molar-refractivity contribution in [3.63, 3.8) is 0 Å². The third-order valence-corrected chi connectivity index (χ3v) is 9.65. The van der Waals surface area contributed by atoms with Crippen LogP contribution in [0.5, 0.6) is 11.8 Å². The molecular weight excluding hydrogens is 557 g/mol. The van der Waals surface area contributed by atoms with Gasteiger partial charge in [-0.2, -0.15) is 9.97 Å². The maximum Gasteiger partial charge on any atom is 0.319 e. The minimum atomic E-state index is -0.469. The van der Waals surface area contributed by atoms with Crippen molar-refractivity contribution in [3.05, 3.63) is 47.9 Å². The molecule has 0 N–H and O–H groups in total. The fourth-order valence-electron chi connectivity index (χ4n) is 7.51. The highest BCUT2D eigenvalue weighted by Gasteiger charge is 2.35. The lowest BCUT2D eigenvalue weighted by molar-refractivity contribution is 0.0512. The summed E-state index contributed by atoms with van der Waals surface area (Å²) in [4.78, 5) is 19.1. The van der Waals surface area contributed by atoms with Crippen LogP contribution in [0.3, 0.4) is 0 Å². The Morgan fingerprint density at radius 2 is 1.82 bits per heavy atom. The van der Waals surface area contributed by atoms with E-state index in [1.807, 2.05) is 24.3 Å². The predicted octanol–water partition coefficient (Wildman–Crippen LogP) is 6.63. The zero-order valence-electron chi connectivity index (χ0n) is 25.9. The van der Waals surface area contributed by atoms with Crippen molar-refractivity contribution < 1.29 is 18.6 Å². The van der Waals surface area contributed by atoms with E-state index in [9.17, 15) is 0 Å². The van der Waals surface area contributed by atoms with Crippen LogP contribution in [0.4, 0.5) is 10.2 Å². The van der Waals surface area contributed by atoms with Gasteiger partial charge in [-0.3, -0.25) is 9.88 Å². The summed E-state index contributed by atoms with van der Waals surface area (Å²) in [7, 11) is 1.58. The van der Waals surface area contributed by atoms with E-state index in [0.717, 1.165) is 61.3 Å². The fourth-order valence-corrected chi connectivity index (χ4v) is 7.51. The van der Waals surface area contributed by atoms with E-state index in [1.165, 1.54) is 38.5 Å². The van der Waals surface area contributed by atoms with E-state index in [4.69, 9.17) is 29.2 Å². The molecule has 4 heterocycles. The minimum absolute atomic E-state index is 0.0958. The summed E-state index contributed by atoms with van der Waals surface area (Å²) in [6.07, 6.45) is 10.0. The van der Waals surface area contributed by atoms with Crippen molar-refractivity contribution in [1.29, 1.82) is 0 Å². The van der Waals surface area contributed by atoms with Crippen LogP contribution in [0, 0.1) is 17.7 Å². The highest BCUT2D eigenvalue weighted by molar-refractivity contribution is 6.01. The van der Waals surface area contributed by atoms with Crippen LogP contribution in [0.25, 0.3) is 32.9 Å². The van der Waals surface area contributed by atoms with E-state index >= 15 is 4.39 Å². The first kappa shape index (κ1) is 29.2. The summed E-state index contributed by atoms with van der Waals surface area (Å²) >= 11 is 0. The number of benzene rings is 2. The Kier molecular flexibility index (Phi) is 8.49. The molecule has 2 aromatic carbocycles. The second kappa shape index (κ2) is 12.8. The van der Waals surface area contributed by atoms with Crippen molar-refractivity contribution in [1.82, 2.24) is 19.9 Å². The first-order valence-corrected chi connectivity index (χ1v) is 16.3. The van der Waals surface area contributed by atoms with Gasteiger partial charge in [-0.05, 0) is 91.9 Å². The molecule has 232 valence electrons. The Bertz CT molecular complexity index is 1630. The smallest absolute Gasteiger partial charge is 0.319 e. The number of fused-ring (bicyclic) bond motifs is 4. The van der Waals surface area contributed by atoms with Crippen LogP contribution in [0.2, 0.25) is 0 Å². The summed E-state index contributed by atoms with van der Waals surface area (Å²) in [5, 5.41) is 2.55. The van der Waals surface area contributed by atoms with Gasteiger partial charge in [0.2, 0.25) is 0 Å². The van der Waals surface area contributed by atoms with Gasteiger partial charge in [-0.15, -0.1) is 0 Å².